The van der Waals surface area contributed by atoms with Crippen LogP contribution in [0.1, 0.15) is 39.5 Å². The van der Waals surface area contributed by atoms with Gasteiger partial charge >= 0.3 is 0 Å². The minimum absolute atomic E-state index is 0.161. The molecule has 0 amide bonds. The standard InChI is InChI=1S/C32H42N6O2S/c1-32(2,22-38(3)4)37-30-27-13-7-8-14-28(27)35-31(36-30)33-20-23-16-18-24(19-17-23)21-34-41(39,40)29-15-9-11-25-10-5-6-12-26(25)29/h5-15,23-24,34H,16-22H2,1-4H3,(H2,33,35,36,37). The van der Waals surface area contributed by atoms with Gasteiger partial charge in [-0.25, -0.2) is 18.1 Å². The van der Waals surface area contributed by atoms with Gasteiger partial charge < -0.3 is 15.5 Å². The number of fused-ring (bicyclic) bond motifs is 2. The molecule has 218 valence electrons. The van der Waals surface area contributed by atoms with Crippen molar-refractivity contribution in [3.8, 4) is 0 Å². The maximum absolute atomic E-state index is 13.1. The molecular formula is C32H42N6O2S. The van der Waals surface area contributed by atoms with Crippen molar-refractivity contribution in [2.75, 3.05) is 44.4 Å². The minimum atomic E-state index is -3.58. The lowest BCUT2D eigenvalue weighted by atomic mass is 9.82. The average molecular weight is 575 g/mol. The molecule has 9 heteroatoms. The number of aromatic nitrogens is 2. The van der Waals surface area contributed by atoms with Gasteiger partial charge in [-0.1, -0.05) is 48.5 Å². The Labute approximate surface area is 244 Å². The van der Waals surface area contributed by atoms with Gasteiger partial charge in [-0.05, 0) is 89.0 Å². The number of rotatable bonds is 11. The third-order valence-corrected chi connectivity index (χ3v) is 9.37. The molecule has 0 saturated heterocycles. The highest BCUT2D eigenvalue weighted by molar-refractivity contribution is 7.89. The third kappa shape index (κ3) is 7.33. The zero-order valence-electron chi connectivity index (χ0n) is 24.5. The Morgan fingerprint density at radius 1 is 0.829 bits per heavy atom. The van der Waals surface area contributed by atoms with Crippen molar-refractivity contribution < 1.29 is 8.42 Å². The summed E-state index contributed by atoms with van der Waals surface area (Å²) in [4.78, 5) is 12.2. The Hall–Kier alpha value is -3.27. The molecular weight excluding hydrogens is 532 g/mol. The van der Waals surface area contributed by atoms with Gasteiger partial charge in [0.1, 0.15) is 5.82 Å². The first kappa shape index (κ1) is 29.2. The van der Waals surface area contributed by atoms with E-state index >= 15 is 0 Å². The van der Waals surface area contributed by atoms with Crippen LogP contribution in [0, 0.1) is 11.8 Å². The van der Waals surface area contributed by atoms with Gasteiger partial charge in [0, 0.05) is 35.9 Å². The molecule has 8 nitrogen and oxygen atoms in total. The Bertz CT molecular complexity index is 1590. The van der Waals surface area contributed by atoms with Crippen LogP contribution in [0.25, 0.3) is 21.7 Å². The highest BCUT2D eigenvalue weighted by Gasteiger charge is 2.25. The van der Waals surface area contributed by atoms with E-state index in [1.54, 1.807) is 12.1 Å². The summed E-state index contributed by atoms with van der Waals surface area (Å²) in [5.74, 6) is 2.31. The van der Waals surface area contributed by atoms with Gasteiger partial charge in [0.05, 0.1) is 10.4 Å². The van der Waals surface area contributed by atoms with Gasteiger partial charge in [0.25, 0.3) is 0 Å². The van der Waals surface area contributed by atoms with Crippen LogP contribution in [0.5, 0.6) is 0 Å². The van der Waals surface area contributed by atoms with Crippen LogP contribution in [-0.2, 0) is 10.0 Å². The minimum Gasteiger partial charge on any atom is -0.363 e. The summed E-state index contributed by atoms with van der Waals surface area (Å²) >= 11 is 0. The molecule has 1 saturated carbocycles. The topological polar surface area (TPSA) is 99.2 Å². The molecule has 1 aromatic heterocycles. The maximum Gasteiger partial charge on any atom is 0.241 e. The smallest absolute Gasteiger partial charge is 0.241 e. The zero-order valence-corrected chi connectivity index (χ0v) is 25.3. The summed E-state index contributed by atoms with van der Waals surface area (Å²) in [6, 6.07) is 21.1. The number of anilines is 2. The van der Waals surface area contributed by atoms with Crippen LogP contribution in [0.3, 0.4) is 0 Å². The molecule has 0 atom stereocenters. The van der Waals surface area contributed by atoms with Gasteiger partial charge in [0.15, 0.2) is 0 Å². The molecule has 1 fully saturated rings. The number of likely N-dealkylation sites (N-methyl/N-ethyl adjacent to an activating group) is 1. The van der Waals surface area contributed by atoms with Crippen molar-refractivity contribution in [2.45, 2.75) is 50.0 Å². The van der Waals surface area contributed by atoms with Crippen LogP contribution < -0.4 is 15.4 Å². The Kier molecular flexibility index (Phi) is 8.77. The average Bonchev–Trinajstić information content (AvgIpc) is 2.94. The number of nitrogens with zero attached hydrogens (tertiary/aromatic N) is 3. The van der Waals surface area contributed by atoms with Crippen LogP contribution in [0.4, 0.5) is 11.8 Å². The van der Waals surface area contributed by atoms with Gasteiger partial charge in [0.2, 0.25) is 16.0 Å². The van der Waals surface area contributed by atoms with Crippen LogP contribution in [0.2, 0.25) is 0 Å². The van der Waals surface area contributed by atoms with Crippen molar-refractivity contribution in [3.63, 3.8) is 0 Å². The quantitative estimate of drug-likeness (QED) is 0.210. The van der Waals surface area contributed by atoms with Gasteiger partial charge in [-0.15, -0.1) is 0 Å². The summed E-state index contributed by atoms with van der Waals surface area (Å²) in [6.45, 7) is 6.50. The van der Waals surface area contributed by atoms with E-state index in [0.717, 1.165) is 66.3 Å². The molecule has 4 aromatic rings. The van der Waals surface area contributed by atoms with E-state index in [1.165, 1.54) is 0 Å². The summed E-state index contributed by atoms with van der Waals surface area (Å²) in [6.07, 6.45) is 4.08. The molecule has 0 bridgehead atoms. The van der Waals surface area contributed by atoms with Gasteiger partial charge in [-0.2, -0.15) is 4.98 Å². The van der Waals surface area contributed by atoms with Crippen LogP contribution >= 0.6 is 0 Å². The number of hydrogen-bond donors (Lipinski definition) is 3. The Balaban J connectivity index is 1.16. The van der Waals surface area contributed by atoms with Crippen molar-refractivity contribution in [2.24, 2.45) is 11.8 Å². The zero-order chi connectivity index (χ0) is 29.0. The Morgan fingerprint density at radius 3 is 2.20 bits per heavy atom. The van der Waals surface area contributed by atoms with Crippen molar-refractivity contribution in [1.82, 2.24) is 19.6 Å². The monoisotopic (exact) mass is 574 g/mol. The first-order valence-corrected chi connectivity index (χ1v) is 16.0. The second-order valence-electron chi connectivity index (χ2n) is 12.3. The van der Waals surface area contributed by atoms with Crippen molar-refractivity contribution in [3.05, 3.63) is 66.7 Å². The molecule has 0 spiro atoms. The lowest BCUT2D eigenvalue weighted by Crippen LogP contribution is -2.41. The van der Waals surface area contributed by atoms with E-state index in [-0.39, 0.29) is 5.54 Å². The number of sulfonamides is 1. The van der Waals surface area contributed by atoms with Crippen molar-refractivity contribution in [1.29, 1.82) is 0 Å². The molecule has 0 radical (unpaired) electrons. The number of hydrogen-bond acceptors (Lipinski definition) is 7. The van der Waals surface area contributed by atoms with E-state index in [0.29, 0.717) is 29.2 Å². The van der Waals surface area contributed by atoms with E-state index in [9.17, 15) is 8.42 Å². The third-order valence-electron chi connectivity index (χ3n) is 7.89. The fourth-order valence-corrected chi connectivity index (χ4v) is 7.36. The molecule has 0 aliphatic heterocycles. The SMILES string of the molecule is CN(C)CC(C)(C)Nc1nc(NCC2CCC(CNS(=O)(=O)c3cccc4ccccc34)CC2)nc2ccccc12. The number of benzene rings is 3. The predicted octanol–water partition coefficient (Wildman–Crippen LogP) is 5.73. The van der Waals surface area contributed by atoms with E-state index < -0.39 is 10.0 Å². The van der Waals surface area contributed by atoms with Gasteiger partial charge in [-0.3, -0.25) is 0 Å². The van der Waals surface area contributed by atoms with E-state index in [2.05, 4.69) is 54.3 Å². The largest absolute Gasteiger partial charge is 0.363 e. The van der Waals surface area contributed by atoms with E-state index in [4.69, 9.17) is 9.97 Å². The maximum atomic E-state index is 13.1. The fourth-order valence-electron chi connectivity index (χ4n) is 6.01. The molecule has 3 aromatic carbocycles. The first-order chi connectivity index (χ1) is 19.6. The highest BCUT2D eigenvalue weighted by atomic mass is 32.2. The molecule has 5 rings (SSSR count). The fraction of sp³-hybridized carbons (Fsp3) is 0.438. The molecule has 3 N–H and O–H groups in total. The van der Waals surface area contributed by atoms with Crippen LogP contribution in [0.15, 0.2) is 71.6 Å². The molecule has 1 heterocycles. The predicted molar refractivity (Wildman–Crippen MR) is 169 cm³/mol. The first-order valence-electron chi connectivity index (χ1n) is 14.5. The van der Waals surface area contributed by atoms with Crippen LogP contribution in [-0.4, -0.2) is 62.6 Å². The molecule has 1 aliphatic carbocycles. The summed E-state index contributed by atoms with van der Waals surface area (Å²) in [5, 5.41) is 9.83. The molecule has 0 unspecified atom stereocenters. The van der Waals surface area contributed by atoms with Crippen molar-refractivity contribution >= 4 is 43.5 Å². The highest BCUT2D eigenvalue weighted by Crippen LogP contribution is 2.30. The number of nitrogens with one attached hydrogen (secondary N) is 3. The lowest BCUT2D eigenvalue weighted by Gasteiger charge is -2.31. The Morgan fingerprint density at radius 2 is 1.46 bits per heavy atom. The molecule has 41 heavy (non-hydrogen) atoms. The molecule has 1 aliphatic rings. The lowest BCUT2D eigenvalue weighted by molar-refractivity contribution is 0.284. The summed E-state index contributed by atoms with van der Waals surface area (Å²) in [7, 11) is 0.570. The normalized spacial score (nSPS) is 18.2. The second-order valence-corrected chi connectivity index (χ2v) is 14.0. The summed E-state index contributed by atoms with van der Waals surface area (Å²) in [5.41, 5.74) is 0.751. The number of para-hydroxylation sites is 1. The summed E-state index contributed by atoms with van der Waals surface area (Å²) < 4.78 is 29.1. The second kappa shape index (κ2) is 12.3. The van der Waals surface area contributed by atoms with E-state index in [1.807, 2.05) is 48.5 Å².